The molecule has 0 heterocycles. The Kier molecular flexibility index (Phi) is 4.31. The van der Waals surface area contributed by atoms with Gasteiger partial charge in [-0.3, -0.25) is 4.79 Å². The van der Waals surface area contributed by atoms with E-state index in [2.05, 4.69) is 0 Å². The van der Waals surface area contributed by atoms with Crippen molar-refractivity contribution in [2.75, 3.05) is 7.11 Å². The van der Waals surface area contributed by atoms with E-state index < -0.39 is 0 Å². The van der Waals surface area contributed by atoms with E-state index in [4.69, 9.17) is 9.47 Å². The Labute approximate surface area is 90.0 Å². The number of carbonyl (C=O) groups excluding carboxylic acids is 1. The highest BCUT2D eigenvalue weighted by Gasteiger charge is 2.07. The minimum Gasteiger partial charge on any atom is -0.497 e. The van der Waals surface area contributed by atoms with Gasteiger partial charge in [0.1, 0.15) is 11.9 Å². The first-order chi connectivity index (χ1) is 7.13. The van der Waals surface area contributed by atoms with Gasteiger partial charge in [0.25, 0.3) is 0 Å². The molecule has 15 heavy (non-hydrogen) atoms. The molecule has 0 aliphatic rings. The van der Waals surface area contributed by atoms with Crippen LogP contribution >= 0.6 is 0 Å². The summed E-state index contributed by atoms with van der Waals surface area (Å²) in [4.78, 5) is 10.9. The van der Waals surface area contributed by atoms with Crippen LogP contribution in [-0.2, 0) is 16.1 Å². The van der Waals surface area contributed by atoms with Crippen molar-refractivity contribution in [3.8, 4) is 5.75 Å². The van der Waals surface area contributed by atoms with Gasteiger partial charge in [-0.25, -0.2) is 0 Å². The molecule has 0 fully saturated rings. The van der Waals surface area contributed by atoms with E-state index in [0.29, 0.717) is 6.61 Å². The Morgan fingerprint density at radius 3 is 2.40 bits per heavy atom. The van der Waals surface area contributed by atoms with E-state index in [1.165, 1.54) is 6.92 Å². The quantitative estimate of drug-likeness (QED) is 0.744. The predicted molar refractivity (Wildman–Crippen MR) is 57.9 cm³/mol. The lowest BCUT2D eigenvalue weighted by Crippen LogP contribution is -2.17. The van der Waals surface area contributed by atoms with Crippen molar-refractivity contribution < 1.29 is 14.3 Å². The Hall–Kier alpha value is -1.35. The summed E-state index contributed by atoms with van der Waals surface area (Å²) in [5.41, 5.74) is 1.03. The van der Waals surface area contributed by atoms with Gasteiger partial charge >= 0.3 is 0 Å². The molecule has 1 atom stereocenters. The summed E-state index contributed by atoms with van der Waals surface area (Å²) in [7, 11) is 1.63. The monoisotopic (exact) mass is 208 g/mol. The van der Waals surface area contributed by atoms with E-state index in [0.717, 1.165) is 11.3 Å². The molecule has 0 aliphatic carbocycles. The topological polar surface area (TPSA) is 35.5 Å². The fourth-order valence-electron chi connectivity index (χ4n) is 1.06. The van der Waals surface area contributed by atoms with Gasteiger partial charge in [0.15, 0.2) is 5.78 Å². The Balaban J connectivity index is 2.47. The molecule has 0 amide bonds. The SMILES string of the molecule is COc1ccc(CO[C@H](C)C(C)=O)cc1. The van der Waals surface area contributed by atoms with Crippen LogP contribution in [0.15, 0.2) is 24.3 Å². The van der Waals surface area contributed by atoms with E-state index in [1.807, 2.05) is 24.3 Å². The standard InChI is InChI=1S/C12H16O3/c1-9(13)10(2)15-8-11-4-6-12(14-3)7-5-11/h4-7,10H,8H2,1-3H3/t10-/m1/s1. The average Bonchev–Trinajstić information content (AvgIpc) is 2.26. The summed E-state index contributed by atoms with van der Waals surface area (Å²) in [6.45, 7) is 3.73. The van der Waals surface area contributed by atoms with E-state index in [9.17, 15) is 4.79 Å². The number of carbonyl (C=O) groups is 1. The minimum atomic E-state index is -0.341. The molecular weight excluding hydrogens is 192 g/mol. The third kappa shape index (κ3) is 3.72. The number of hydrogen-bond donors (Lipinski definition) is 0. The molecule has 1 rings (SSSR count). The van der Waals surface area contributed by atoms with Gasteiger partial charge in [0.05, 0.1) is 13.7 Å². The molecule has 0 aromatic heterocycles. The number of ether oxygens (including phenoxy) is 2. The first kappa shape index (κ1) is 11.7. The minimum absolute atomic E-state index is 0.0449. The van der Waals surface area contributed by atoms with E-state index in [-0.39, 0.29) is 11.9 Å². The molecular formula is C12H16O3. The molecule has 0 radical (unpaired) electrons. The third-order valence-electron chi connectivity index (χ3n) is 2.23. The normalized spacial score (nSPS) is 12.2. The first-order valence-electron chi connectivity index (χ1n) is 4.88. The number of benzene rings is 1. The summed E-state index contributed by atoms with van der Waals surface area (Å²) >= 11 is 0. The van der Waals surface area contributed by atoms with Gasteiger partial charge in [-0.05, 0) is 31.5 Å². The number of rotatable bonds is 5. The van der Waals surface area contributed by atoms with Gasteiger partial charge in [-0.1, -0.05) is 12.1 Å². The fourth-order valence-corrected chi connectivity index (χ4v) is 1.06. The molecule has 0 spiro atoms. The highest BCUT2D eigenvalue weighted by atomic mass is 16.5. The van der Waals surface area contributed by atoms with Crippen molar-refractivity contribution in [1.82, 2.24) is 0 Å². The summed E-state index contributed by atoms with van der Waals surface area (Å²) in [5, 5.41) is 0. The zero-order valence-electron chi connectivity index (χ0n) is 9.32. The van der Waals surface area contributed by atoms with E-state index >= 15 is 0 Å². The molecule has 0 saturated heterocycles. The first-order valence-corrected chi connectivity index (χ1v) is 4.88. The van der Waals surface area contributed by atoms with Crippen LogP contribution in [-0.4, -0.2) is 19.0 Å². The molecule has 0 unspecified atom stereocenters. The molecule has 0 N–H and O–H groups in total. The second-order valence-corrected chi connectivity index (χ2v) is 3.41. The van der Waals surface area contributed by atoms with Crippen molar-refractivity contribution in [2.24, 2.45) is 0 Å². The van der Waals surface area contributed by atoms with Gasteiger partial charge in [-0.15, -0.1) is 0 Å². The molecule has 3 nitrogen and oxygen atoms in total. The van der Waals surface area contributed by atoms with Crippen LogP contribution in [0.2, 0.25) is 0 Å². The average molecular weight is 208 g/mol. The van der Waals surface area contributed by atoms with Crippen LogP contribution in [0.25, 0.3) is 0 Å². The molecule has 82 valence electrons. The van der Waals surface area contributed by atoms with Crippen LogP contribution in [0.1, 0.15) is 19.4 Å². The maximum Gasteiger partial charge on any atom is 0.158 e. The molecule has 1 aromatic rings. The van der Waals surface area contributed by atoms with Gasteiger partial charge < -0.3 is 9.47 Å². The van der Waals surface area contributed by atoms with Gasteiger partial charge in [0.2, 0.25) is 0 Å². The van der Waals surface area contributed by atoms with Crippen molar-refractivity contribution in [3.05, 3.63) is 29.8 Å². The molecule has 3 heteroatoms. The highest BCUT2D eigenvalue weighted by Crippen LogP contribution is 2.12. The number of methoxy groups -OCH3 is 1. The largest absolute Gasteiger partial charge is 0.497 e. The van der Waals surface area contributed by atoms with Gasteiger partial charge in [-0.2, -0.15) is 0 Å². The molecule has 0 aliphatic heterocycles. The number of hydrogen-bond acceptors (Lipinski definition) is 3. The van der Waals surface area contributed by atoms with Crippen molar-refractivity contribution in [2.45, 2.75) is 26.6 Å². The summed E-state index contributed by atoms with van der Waals surface area (Å²) in [5.74, 6) is 0.863. The van der Waals surface area contributed by atoms with Crippen molar-refractivity contribution in [1.29, 1.82) is 0 Å². The summed E-state index contributed by atoms with van der Waals surface area (Å²) in [6.07, 6.45) is -0.341. The van der Waals surface area contributed by atoms with Crippen LogP contribution in [0.5, 0.6) is 5.75 Å². The van der Waals surface area contributed by atoms with Crippen LogP contribution < -0.4 is 4.74 Å². The third-order valence-corrected chi connectivity index (χ3v) is 2.23. The number of ketones is 1. The fraction of sp³-hybridized carbons (Fsp3) is 0.417. The van der Waals surface area contributed by atoms with E-state index in [1.54, 1.807) is 14.0 Å². The zero-order valence-corrected chi connectivity index (χ0v) is 9.32. The molecule has 0 bridgehead atoms. The van der Waals surface area contributed by atoms with Crippen molar-refractivity contribution >= 4 is 5.78 Å². The maximum atomic E-state index is 10.9. The maximum absolute atomic E-state index is 10.9. The van der Waals surface area contributed by atoms with Gasteiger partial charge in [0, 0.05) is 0 Å². The second-order valence-electron chi connectivity index (χ2n) is 3.41. The number of Topliss-reactive ketones (excluding diaryl/α,β-unsaturated/α-hetero) is 1. The van der Waals surface area contributed by atoms with Crippen LogP contribution in [0, 0.1) is 0 Å². The lowest BCUT2D eigenvalue weighted by molar-refractivity contribution is -0.127. The Morgan fingerprint density at radius 2 is 1.93 bits per heavy atom. The molecule has 0 saturated carbocycles. The lowest BCUT2D eigenvalue weighted by atomic mass is 10.2. The van der Waals surface area contributed by atoms with Crippen LogP contribution in [0.3, 0.4) is 0 Å². The Morgan fingerprint density at radius 1 is 1.33 bits per heavy atom. The van der Waals surface area contributed by atoms with Crippen LogP contribution in [0.4, 0.5) is 0 Å². The lowest BCUT2D eigenvalue weighted by Gasteiger charge is -2.09. The second kappa shape index (κ2) is 5.51. The summed E-state index contributed by atoms with van der Waals surface area (Å²) in [6, 6.07) is 7.59. The van der Waals surface area contributed by atoms with Crippen molar-refractivity contribution in [3.63, 3.8) is 0 Å². The molecule has 1 aromatic carbocycles. The highest BCUT2D eigenvalue weighted by molar-refractivity contribution is 5.79. The Bertz CT molecular complexity index is 316. The summed E-state index contributed by atoms with van der Waals surface area (Å²) < 4.78 is 10.4. The predicted octanol–water partition coefficient (Wildman–Crippen LogP) is 2.19. The smallest absolute Gasteiger partial charge is 0.158 e. The zero-order chi connectivity index (χ0) is 11.3.